The minimum atomic E-state index is -0.549. The molecule has 0 aliphatic carbocycles. The van der Waals surface area contributed by atoms with Crippen LogP contribution >= 0.6 is 11.9 Å². The molecule has 76 valence electrons. The summed E-state index contributed by atoms with van der Waals surface area (Å²) in [5, 5.41) is 9.40. The summed E-state index contributed by atoms with van der Waals surface area (Å²) in [4.78, 5) is 10.3. The molecule has 0 radical (unpaired) electrons. The van der Waals surface area contributed by atoms with Gasteiger partial charge in [-0.05, 0) is 30.0 Å². The van der Waals surface area contributed by atoms with E-state index in [2.05, 4.69) is 4.72 Å². The largest absolute Gasteiger partial charge is 0.508 e. The van der Waals surface area contributed by atoms with Crippen LogP contribution in [0.1, 0.15) is 5.56 Å². The number of hydrogen-bond acceptors (Lipinski definition) is 3. The van der Waals surface area contributed by atoms with Crippen LogP contribution < -0.4 is 10.5 Å². The lowest BCUT2D eigenvalue weighted by molar-refractivity contribution is 0.254. The molecule has 0 fully saturated rings. The zero-order chi connectivity index (χ0) is 10.4. The van der Waals surface area contributed by atoms with E-state index in [0.29, 0.717) is 12.2 Å². The van der Waals surface area contributed by atoms with Crippen molar-refractivity contribution >= 4 is 18.0 Å². The van der Waals surface area contributed by atoms with E-state index in [1.54, 1.807) is 12.1 Å². The van der Waals surface area contributed by atoms with E-state index >= 15 is 0 Å². The summed E-state index contributed by atoms with van der Waals surface area (Å²) >= 11 is 1.23. The van der Waals surface area contributed by atoms with Crippen molar-refractivity contribution in [2.24, 2.45) is 5.73 Å². The van der Waals surface area contributed by atoms with Crippen LogP contribution in [-0.4, -0.2) is 16.9 Å². The lowest BCUT2D eigenvalue weighted by atomic mass is 10.1. The van der Waals surface area contributed by atoms with E-state index in [9.17, 15) is 9.90 Å². The number of aryl methyl sites for hydroxylation is 1. The van der Waals surface area contributed by atoms with Gasteiger partial charge in [0.15, 0.2) is 0 Å². The summed E-state index contributed by atoms with van der Waals surface area (Å²) in [5.41, 5.74) is 5.75. The second kappa shape index (κ2) is 5.39. The molecule has 0 aliphatic rings. The Morgan fingerprint density at radius 1 is 1.50 bits per heavy atom. The number of nitrogens with two attached hydrogens (primary N) is 1. The summed E-state index contributed by atoms with van der Waals surface area (Å²) in [6.45, 7) is 0. The highest BCUT2D eigenvalue weighted by Gasteiger charge is 1.99. The number of phenolic OH excluding ortho intramolecular Hbond substituents is 1. The van der Waals surface area contributed by atoms with Crippen LogP contribution in [0.15, 0.2) is 24.3 Å². The first-order valence-electron chi connectivity index (χ1n) is 4.14. The highest BCUT2D eigenvalue weighted by molar-refractivity contribution is 7.97. The van der Waals surface area contributed by atoms with Gasteiger partial charge in [0, 0.05) is 5.75 Å². The zero-order valence-electron chi connectivity index (χ0n) is 7.56. The van der Waals surface area contributed by atoms with Gasteiger partial charge in [-0.2, -0.15) is 0 Å². The second-order valence-corrected chi connectivity index (χ2v) is 3.59. The van der Waals surface area contributed by atoms with Crippen molar-refractivity contribution in [2.75, 3.05) is 5.75 Å². The number of carbonyl (C=O) groups excluding carboxylic acids is 1. The Morgan fingerprint density at radius 3 is 2.86 bits per heavy atom. The van der Waals surface area contributed by atoms with Crippen molar-refractivity contribution in [3.05, 3.63) is 29.8 Å². The summed E-state index contributed by atoms with van der Waals surface area (Å²) in [7, 11) is 0. The number of primary amides is 1. The Hall–Kier alpha value is -1.36. The van der Waals surface area contributed by atoms with Crippen LogP contribution in [0.25, 0.3) is 0 Å². The quantitative estimate of drug-likeness (QED) is 0.519. The van der Waals surface area contributed by atoms with Gasteiger partial charge in [-0.15, -0.1) is 0 Å². The molecule has 1 rings (SSSR count). The van der Waals surface area contributed by atoms with E-state index in [0.717, 1.165) is 5.56 Å². The number of hydrogen-bond donors (Lipinski definition) is 3. The Kier molecular flexibility index (Phi) is 4.12. The Morgan fingerprint density at radius 2 is 2.21 bits per heavy atom. The Bertz CT molecular complexity index is 317. The Labute approximate surface area is 86.6 Å². The van der Waals surface area contributed by atoms with Gasteiger partial charge in [-0.1, -0.05) is 18.2 Å². The fourth-order valence-corrected chi connectivity index (χ4v) is 1.57. The van der Waals surface area contributed by atoms with E-state index in [1.165, 1.54) is 11.9 Å². The van der Waals surface area contributed by atoms with Gasteiger partial charge >= 0.3 is 6.03 Å². The molecule has 0 heterocycles. The molecule has 14 heavy (non-hydrogen) atoms. The number of nitrogens with one attached hydrogen (secondary N) is 1. The highest BCUT2D eigenvalue weighted by Crippen LogP contribution is 2.16. The molecule has 5 heteroatoms. The Balaban J connectivity index is 2.31. The molecule has 1 aromatic carbocycles. The van der Waals surface area contributed by atoms with Crippen molar-refractivity contribution in [3.8, 4) is 5.75 Å². The van der Waals surface area contributed by atoms with Gasteiger partial charge < -0.3 is 10.8 Å². The fraction of sp³-hybridized carbons (Fsp3) is 0.222. The predicted octanol–water partition coefficient (Wildman–Crippen LogP) is 1.25. The highest BCUT2D eigenvalue weighted by atomic mass is 32.2. The van der Waals surface area contributed by atoms with Gasteiger partial charge in [0.2, 0.25) is 0 Å². The molecule has 0 aliphatic heterocycles. The fourth-order valence-electron chi connectivity index (χ4n) is 1.01. The molecule has 4 nitrogen and oxygen atoms in total. The first-order valence-corrected chi connectivity index (χ1v) is 5.13. The van der Waals surface area contributed by atoms with Gasteiger partial charge in [0.1, 0.15) is 5.75 Å². The third kappa shape index (κ3) is 3.57. The number of urea groups is 1. The summed E-state index contributed by atoms with van der Waals surface area (Å²) < 4.78 is 2.41. The number of rotatable bonds is 4. The lowest BCUT2D eigenvalue weighted by Crippen LogP contribution is -2.23. The van der Waals surface area contributed by atoms with Crippen molar-refractivity contribution in [2.45, 2.75) is 6.42 Å². The first kappa shape index (κ1) is 10.7. The van der Waals surface area contributed by atoms with Crippen LogP contribution in [0.3, 0.4) is 0 Å². The molecule has 0 atom stereocenters. The van der Waals surface area contributed by atoms with E-state index in [-0.39, 0.29) is 5.75 Å². The normalized spacial score (nSPS) is 9.71. The number of benzene rings is 1. The molecule has 0 unspecified atom stereocenters. The lowest BCUT2D eigenvalue weighted by Gasteiger charge is -2.03. The second-order valence-electron chi connectivity index (χ2n) is 2.69. The van der Waals surface area contributed by atoms with Crippen molar-refractivity contribution < 1.29 is 9.90 Å². The van der Waals surface area contributed by atoms with Crippen molar-refractivity contribution in [1.29, 1.82) is 0 Å². The molecule has 0 saturated heterocycles. The molecule has 0 spiro atoms. The summed E-state index contributed by atoms with van der Waals surface area (Å²) in [5.74, 6) is 0.965. The molecule has 0 bridgehead atoms. The first-order chi connectivity index (χ1) is 6.70. The average molecular weight is 212 g/mol. The summed E-state index contributed by atoms with van der Waals surface area (Å²) in [6.07, 6.45) is 0.692. The number of amides is 2. The minimum Gasteiger partial charge on any atom is -0.508 e. The van der Waals surface area contributed by atoms with E-state index in [4.69, 9.17) is 5.73 Å². The molecule has 2 amide bonds. The standard InChI is InChI=1S/C9H12N2O2S/c10-9(13)11-14-6-5-7-3-1-2-4-8(7)12/h1-4,12H,5-6H2,(H3,10,11,13). The maximum absolute atomic E-state index is 10.3. The number of para-hydroxylation sites is 1. The average Bonchev–Trinajstić information content (AvgIpc) is 2.15. The van der Waals surface area contributed by atoms with Gasteiger partial charge in [-0.3, -0.25) is 4.72 Å². The topological polar surface area (TPSA) is 75.4 Å². The van der Waals surface area contributed by atoms with Crippen molar-refractivity contribution in [3.63, 3.8) is 0 Å². The van der Waals surface area contributed by atoms with Crippen LogP contribution in [-0.2, 0) is 6.42 Å². The maximum atomic E-state index is 10.3. The third-order valence-corrected chi connectivity index (χ3v) is 2.39. The predicted molar refractivity (Wildman–Crippen MR) is 57.0 cm³/mol. The number of aromatic hydroxyl groups is 1. The van der Waals surface area contributed by atoms with Gasteiger partial charge in [0.25, 0.3) is 0 Å². The number of phenols is 1. The molecule has 1 aromatic rings. The molecule has 0 aromatic heterocycles. The van der Waals surface area contributed by atoms with Crippen LogP contribution in [0.2, 0.25) is 0 Å². The number of carbonyl (C=O) groups is 1. The molecular formula is C9H12N2O2S. The maximum Gasteiger partial charge on any atom is 0.322 e. The monoisotopic (exact) mass is 212 g/mol. The van der Waals surface area contributed by atoms with E-state index in [1.807, 2.05) is 12.1 Å². The van der Waals surface area contributed by atoms with Gasteiger partial charge in [-0.25, -0.2) is 4.79 Å². The third-order valence-electron chi connectivity index (χ3n) is 1.64. The minimum absolute atomic E-state index is 0.284. The molecular weight excluding hydrogens is 200 g/mol. The molecule has 4 N–H and O–H groups in total. The van der Waals surface area contributed by atoms with Crippen molar-refractivity contribution in [1.82, 2.24) is 4.72 Å². The van der Waals surface area contributed by atoms with Crippen LogP contribution in [0, 0.1) is 0 Å². The summed E-state index contributed by atoms with van der Waals surface area (Å²) in [6, 6.07) is 6.57. The molecule has 0 saturated carbocycles. The zero-order valence-corrected chi connectivity index (χ0v) is 8.38. The van der Waals surface area contributed by atoms with Crippen LogP contribution in [0.4, 0.5) is 4.79 Å². The van der Waals surface area contributed by atoms with E-state index < -0.39 is 6.03 Å². The SMILES string of the molecule is NC(=O)NSCCc1ccccc1O. The smallest absolute Gasteiger partial charge is 0.322 e. The van der Waals surface area contributed by atoms with Gasteiger partial charge in [0.05, 0.1) is 0 Å². The van der Waals surface area contributed by atoms with Crippen LogP contribution in [0.5, 0.6) is 5.75 Å².